The fourth-order valence-corrected chi connectivity index (χ4v) is 3.10. The predicted molar refractivity (Wildman–Crippen MR) is 89.9 cm³/mol. The van der Waals surface area contributed by atoms with Crippen LogP contribution in [-0.2, 0) is 13.0 Å². The zero-order chi connectivity index (χ0) is 16.7. The lowest BCUT2D eigenvalue weighted by atomic mass is 9.99. The number of benzene rings is 1. The lowest BCUT2D eigenvalue weighted by Crippen LogP contribution is -2.20. The van der Waals surface area contributed by atoms with Crippen molar-refractivity contribution < 1.29 is 4.52 Å². The second kappa shape index (κ2) is 5.74. The van der Waals surface area contributed by atoms with Crippen LogP contribution in [0.2, 0.25) is 0 Å². The summed E-state index contributed by atoms with van der Waals surface area (Å²) >= 11 is 0. The zero-order valence-corrected chi connectivity index (χ0v) is 14.1. The Labute approximate surface area is 140 Å². The van der Waals surface area contributed by atoms with Crippen molar-refractivity contribution in [3.8, 4) is 11.4 Å². The van der Waals surface area contributed by atoms with Gasteiger partial charge in [-0.15, -0.1) is 10.2 Å². The van der Waals surface area contributed by atoms with Crippen LogP contribution in [0.15, 0.2) is 28.8 Å². The summed E-state index contributed by atoms with van der Waals surface area (Å²) in [5.74, 6) is 3.42. The molecule has 1 aromatic carbocycles. The van der Waals surface area contributed by atoms with Gasteiger partial charge in [0.05, 0.1) is 5.92 Å². The molecule has 4 rings (SSSR count). The van der Waals surface area contributed by atoms with Crippen molar-refractivity contribution in [2.24, 2.45) is 0 Å². The fourth-order valence-electron chi connectivity index (χ4n) is 3.10. The average Bonchev–Trinajstić information content (AvgIpc) is 3.21. The van der Waals surface area contributed by atoms with Crippen LogP contribution in [0.5, 0.6) is 0 Å². The Bertz CT molecular complexity index is 866. The van der Waals surface area contributed by atoms with E-state index in [0.717, 1.165) is 36.6 Å². The second-order valence-corrected chi connectivity index (χ2v) is 6.48. The van der Waals surface area contributed by atoms with Crippen LogP contribution in [0.25, 0.3) is 11.4 Å². The highest BCUT2D eigenvalue weighted by atomic mass is 16.5. The van der Waals surface area contributed by atoms with E-state index in [1.807, 2.05) is 25.1 Å². The Morgan fingerprint density at radius 3 is 2.88 bits per heavy atom. The Morgan fingerprint density at radius 2 is 2.12 bits per heavy atom. The van der Waals surface area contributed by atoms with Gasteiger partial charge < -0.3 is 14.0 Å². The molecule has 0 saturated heterocycles. The first-order chi connectivity index (χ1) is 11.6. The Kier molecular flexibility index (Phi) is 3.55. The van der Waals surface area contributed by atoms with E-state index >= 15 is 0 Å². The molecule has 0 fully saturated rings. The third-order valence-electron chi connectivity index (χ3n) is 4.40. The van der Waals surface area contributed by atoms with E-state index < -0.39 is 0 Å². The number of aromatic nitrogens is 5. The zero-order valence-electron chi connectivity index (χ0n) is 14.1. The van der Waals surface area contributed by atoms with Gasteiger partial charge in [0.15, 0.2) is 5.82 Å². The summed E-state index contributed by atoms with van der Waals surface area (Å²) in [7, 11) is 3.81. The molecule has 0 saturated carbocycles. The molecule has 3 heterocycles. The molecule has 7 heteroatoms. The van der Waals surface area contributed by atoms with Crippen LogP contribution in [0.1, 0.15) is 29.6 Å². The molecule has 0 N–H and O–H groups in total. The summed E-state index contributed by atoms with van der Waals surface area (Å²) in [5, 5.41) is 12.8. The molecule has 7 nitrogen and oxygen atoms in total. The molecular formula is C17H20N6O. The topological polar surface area (TPSA) is 72.9 Å². The largest absolute Gasteiger partial charge is 0.344 e. The first-order valence-corrected chi connectivity index (χ1v) is 8.12. The molecule has 2 aromatic heterocycles. The van der Waals surface area contributed by atoms with Crippen molar-refractivity contribution in [1.82, 2.24) is 24.9 Å². The standard InChI is InChI=1S/C17H20N6O/c1-11-5-4-6-12(9-11)15-20-19-14-8-7-13(10-23(14)15)16-18-17(21-24-16)22(2)3/h4-6,9,13H,7-8,10H2,1-3H3. The smallest absolute Gasteiger partial charge is 0.265 e. The Morgan fingerprint density at radius 1 is 1.25 bits per heavy atom. The summed E-state index contributed by atoms with van der Waals surface area (Å²) < 4.78 is 7.65. The lowest BCUT2D eigenvalue weighted by Gasteiger charge is -2.21. The normalized spacial score (nSPS) is 16.9. The number of nitrogens with zero attached hydrogens (tertiary/aromatic N) is 6. The molecule has 24 heavy (non-hydrogen) atoms. The van der Waals surface area contributed by atoms with E-state index in [-0.39, 0.29) is 5.92 Å². The number of fused-ring (bicyclic) bond motifs is 1. The van der Waals surface area contributed by atoms with Gasteiger partial charge in [-0.05, 0) is 24.6 Å². The second-order valence-electron chi connectivity index (χ2n) is 6.48. The summed E-state index contributed by atoms with van der Waals surface area (Å²) in [6.07, 6.45) is 1.81. The minimum atomic E-state index is 0.193. The van der Waals surface area contributed by atoms with Gasteiger partial charge in [0, 0.05) is 32.6 Å². The van der Waals surface area contributed by atoms with Crippen molar-refractivity contribution in [1.29, 1.82) is 0 Å². The molecule has 0 aliphatic carbocycles. The third-order valence-corrected chi connectivity index (χ3v) is 4.40. The van der Waals surface area contributed by atoms with Gasteiger partial charge in [0.2, 0.25) is 5.89 Å². The molecule has 0 bridgehead atoms. The number of hydrogen-bond donors (Lipinski definition) is 0. The van der Waals surface area contributed by atoms with Crippen LogP contribution in [0, 0.1) is 6.92 Å². The molecule has 124 valence electrons. The molecule has 0 spiro atoms. The van der Waals surface area contributed by atoms with Crippen molar-refractivity contribution in [2.75, 3.05) is 19.0 Å². The molecule has 1 atom stereocenters. The van der Waals surface area contributed by atoms with Crippen molar-refractivity contribution in [3.05, 3.63) is 41.5 Å². The minimum absolute atomic E-state index is 0.193. The number of anilines is 1. The summed E-state index contributed by atoms with van der Waals surface area (Å²) in [6.45, 7) is 2.85. The van der Waals surface area contributed by atoms with Crippen molar-refractivity contribution in [2.45, 2.75) is 32.2 Å². The average molecular weight is 324 g/mol. The van der Waals surface area contributed by atoms with Crippen LogP contribution < -0.4 is 4.90 Å². The number of hydrogen-bond acceptors (Lipinski definition) is 6. The van der Waals surface area contributed by atoms with Crippen LogP contribution in [-0.4, -0.2) is 39.0 Å². The van der Waals surface area contributed by atoms with Gasteiger partial charge in [-0.3, -0.25) is 0 Å². The lowest BCUT2D eigenvalue weighted by molar-refractivity contribution is 0.317. The maximum absolute atomic E-state index is 5.46. The highest BCUT2D eigenvalue weighted by molar-refractivity contribution is 5.56. The predicted octanol–water partition coefficient (Wildman–Crippen LogP) is 2.43. The highest BCUT2D eigenvalue weighted by Crippen LogP contribution is 2.31. The molecule has 0 radical (unpaired) electrons. The number of rotatable bonds is 3. The van der Waals surface area contributed by atoms with Gasteiger partial charge in [0.25, 0.3) is 5.95 Å². The molecule has 0 amide bonds. The Balaban J connectivity index is 1.65. The number of aryl methyl sites for hydroxylation is 2. The molecule has 3 aromatic rings. The first kappa shape index (κ1) is 14.9. The van der Waals surface area contributed by atoms with E-state index in [4.69, 9.17) is 4.52 Å². The van der Waals surface area contributed by atoms with Crippen molar-refractivity contribution >= 4 is 5.95 Å². The van der Waals surface area contributed by atoms with E-state index in [9.17, 15) is 0 Å². The summed E-state index contributed by atoms with van der Waals surface area (Å²) in [4.78, 5) is 6.35. The summed E-state index contributed by atoms with van der Waals surface area (Å²) in [6, 6.07) is 8.34. The first-order valence-electron chi connectivity index (χ1n) is 8.12. The maximum Gasteiger partial charge on any atom is 0.265 e. The van der Waals surface area contributed by atoms with Crippen molar-refractivity contribution in [3.63, 3.8) is 0 Å². The van der Waals surface area contributed by atoms with Crippen LogP contribution >= 0.6 is 0 Å². The van der Waals surface area contributed by atoms with E-state index in [1.54, 1.807) is 0 Å². The molecule has 1 aliphatic heterocycles. The Hall–Kier alpha value is -2.70. The maximum atomic E-state index is 5.46. The third kappa shape index (κ3) is 2.55. The van der Waals surface area contributed by atoms with Gasteiger partial charge in [0.1, 0.15) is 5.82 Å². The fraction of sp³-hybridized carbons (Fsp3) is 0.412. The van der Waals surface area contributed by atoms with Gasteiger partial charge in [-0.25, -0.2) is 0 Å². The molecule has 1 unspecified atom stereocenters. The van der Waals surface area contributed by atoms with E-state index in [0.29, 0.717) is 11.8 Å². The summed E-state index contributed by atoms with van der Waals surface area (Å²) in [5.41, 5.74) is 2.30. The van der Waals surface area contributed by atoms with Crippen LogP contribution in [0.3, 0.4) is 0 Å². The monoisotopic (exact) mass is 324 g/mol. The highest BCUT2D eigenvalue weighted by Gasteiger charge is 2.28. The van der Waals surface area contributed by atoms with Gasteiger partial charge in [-0.1, -0.05) is 23.8 Å². The van der Waals surface area contributed by atoms with E-state index in [2.05, 4.69) is 50.0 Å². The molecular weight excluding hydrogens is 304 g/mol. The molecule has 1 aliphatic rings. The SMILES string of the molecule is Cc1cccc(-c2nnc3n2CC(c2nc(N(C)C)no2)CC3)c1. The minimum Gasteiger partial charge on any atom is -0.344 e. The van der Waals surface area contributed by atoms with E-state index in [1.165, 1.54) is 5.56 Å². The van der Waals surface area contributed by atoms with Crippen LogP contribution in [0.4, 0.5) is 5.95 Å². The quantitative estimate of drug-likeness (QED) is 0.737. The van der Waals surface area contributed by atoms with Gasteiger partial charge in [-0.2, -0.15) is 4.98 Å². The van der Waals surface area contributed by atoms with Gasteiger partial charge >= 0.3 is 0 Å².